The summed E-state index contributed by atoms with van der Waals surface area (Å²) >= 11 is 0. The topological polar surface area (TPSA) is 50.3 Å². The molecule has 0 bridgehead atoms. The van der Waals surface area contributed by atoms with Gasteiger partial charge in [0.2, 0.25) is 0 Å². The van der Waals surface area contributed by atoms with Crippen molar-refractivity contribution in [3.63, 3.8) is 0 Å². The maximum absolute atomic E-state index is 12.7. The third-order valence-electron chi connectivity index (χ3n) is 6.62. The van der Waals surface area contributed by atoms with E-state index >= 15 is 0 Å². The van der Waals surface area contributed by atoms with Crippen molar-refractivity contribution in [2.45, 2.75) is 56.7 Å². The molecule has 2 aliphatic heterocycles. The molecule has 27 heavy (non-hydrogen) atoms. The molecule has 3 aliphatic rings. The SMILES string of the molecule is O=S1(=O)CC2(CCN([C@@H]3CCC[C@@H](c4ccc(C(F)(F)F)nc4)C3)CC2)C1. The van der Waals surface area contributed by atoms with Gasteiger partial charge in [-0.1, -0.05) is 12.5 Å². The van der Waals surface area contributed by atoms with Gasteiger partial charge in [-0.3, -0.25) is 4.98 Å². The number of piperidine rings is 1. The zero-order chi connectivity index (χ0) is 19.3. The number of nitrogens with zero attached hydrogens (tertiary/aromatic N) is 2. The van der Waals surface area contributed by atoms with Crippen LogP contribution in [0.4, 0.5) is 13.2 Å². The van der Waals surface area contributed by atoms with Gasteiger partial charge in [0, 0.05) is 17.7 Å². The first-order valence-corrected chi connectivity index (χ1v) is 11.5. The van der Waals surface area contributed by atoms with Crippen LogP contribution >= 0.6 is 0 Å². The van der Waals surface area contributed by atoms with Gasteiger partial charge in [0.05, 0.1) is 11.5 Å². The van der Waals surface area contributed by atoms with Crippen LogP contribution in [0.25, 0.3) is 0 Å². The average Bonchev–Trinajstić information content (AvgIpc) is 2.60. The lowest BCUT2D eigenvalue weighted by Crippen LogP contribution is -2.56. The number of rotatable bonds is 2. The van der Waals surface area contributed by atoms with Crippen LogP contribution in [0.3, 0.4) is 0 Å². The van der Waals surface area contributed by atoms with Crippen LogP contribution in [-0.2, 0) is 16.0 Å². The number of hydrogen-bond donors (Lipinski definition) is 0. The highest BCUT2D eigenvalue weighted by Crippen LogP contribution is 2.44. The summed E-state index contributed by atoms with van der Waals surface area (Å²) in [6, 6.07) is 3.09. The van der Waals surface area contributed by atoms with Gasteiger partial charge in [-0.2, -0.15) is 13.2 Å². The van der Waals surface area contributed by atoms with Crippen molar-refractivity contribution in [2.24, 2.45) is 5.41 Å². The predicted molar refractivity (Wildman–Crippen MR) is 96.1 cm³/mol. The molecule has 1 aromatic heterocycles. The minimum atomic E-state index is -4.40. The van der Waals surface area contributed by atoms with Crippen LogP contribution in [0.2, 0.25) is 0 Å². The Morgan fingerprint density at radius 2 is 1.81 bits per heavy atom. The number of alkyl halides is 3. The van der Waals surface area contributed by atoms with Gasteiger partial charge in [0.25, 0.3) is 0 Å². The molecule has 4 nitrogen and oxygen atoms in total. The first-order chi connectivity index (χ1) is 12.7. The third-order valence-corrected chi connectivity index (χ3v) is 8.73. The number of aromatic nitrogens is 1. The quantitative estimate of drug-likeness (QED) is 0.758. The highest BCUT2D eigenvalue weighted by atomic mass is 32.2. The standard InChI is InChI=1S/C19H25F3N2O2S/c20-19(21,22)17-5-4-15(11-23-17)14-2-1-3-16(10-14)24-8-6-18(7-9-24)12-27(25,26)13-18/h4-5,11,14,16H,1-3,6-10,12-13H2/t14-,16-/m1/s1. The molecule has 4 rings (SSSR count). The second-order valence-electron chi connectivity index (χ2n) is 8.56. The number of hydrogen-bond acceptors (Lipinski definition) is 4. The molecular formula is C19H25F3N2O2S. The molecule has 1 saturated carbocycles. The molecule has 8 heteroatoms. The van der Waals surface area contributed by atoms with Crippen LogP contribution in [0.1, 0.15) is 55.7 Å². The Morgan fingerprint density at radius 1 is 1.11 bits per heavy atom. The number of pyridine rings is 1. The first kappa shape index (κ1) is 19.2. The molecule has 3 fully saturated rings. The molecule has 2 atom stereocenters. The lowest BCUT2D eigenvalue weighted by molar-refractivity contribution is -0.141. The highest BCUT2D eigenvalue weighted by Gasteiger charge is 2.50. The van der Waals surface area contributed by atoms with E-state index < -0.39 is 21.7 Å². The van der Waals surface area contributed by atoms with E-state index in [2.05, 4.69) is 9.88 Å². The Labute approximate surface area is 158 Å². The van der Waals surface area contributed by atoms with E-state index in [0.29, 0.717) is 17.5 Å². The van der Waals surface area contributed by atoms with Gasteiger partial charge in [-0.25, -0.2) is 8.42 Å². The Hall–Kier alpha value is -1.15. The predicted octanol–water partition coefficient (Wildman–Crippen LogP) is 3.64. The first-order valence-electron chi connectivity index (χ1n) is 9.64. The molecule has 150 valence electrons. The van der Waals surface area contributed by atoms with E-state index in [1.54, 1.807) is 6.07 Å². The molecule has 1 spiro atoms. The van der Waals surface area contributed by atoms with Gasteiger partial charge in [-0.15, -0.1) is 0 Å². The molecule has 1 aliphatic carbocycles. The van der Waals surface area contributed by atoms with Crippen LogP contribution in [0, 0.1) is 5.41 Å². The summed E-state index contributed by atoms with van der Waals surface area (Å²) in [5, 5.41) is 0. The summed E-state index contributed by atoms with van der Waals surface area (Å²) < 4.78 is 61.2. The lowest BCUT2D eigenvalue weighted by Gasteiger charge is -2.49. The molecule has 1 aromatic rings. The van der Waals surface area contributed by atoms with Crippen LogP contribution in [0.5, 0.6) is 0 Å². The van der Waals surface area contributed by atoms with Crippen molar-refractivity contribution in [3.8, 4) is 0 Å². The van der Waals surface area contributed by atoms with Crippen molar-refractivity contribution in [3.05, 3.63) is 29.6 Å². The van der Waals surface area contributed by atoms with Crippen molar-refractivity contribution in [2.75, 3.05) is 24.6 Å². The zero-order valence-electron chi connectivity index (χ0n) is 15.2. The third kappa shape index (κ3) is 4.01. The molecule has 3 heterocycles. The minimum absolute atomic E-state index is 0.0146. The maximum Gasteiger partial charge on any atom is 0.433 e. The van der Waals surface area contributed by atoms with Gasteiger partial charge >= 0.3 is 6.18 Å². The normalized spacial score (nSPS) is 30.8. The monoisotopic (exact) mass is 402 g/mol. The van der Waals surface area contributed by atoms with Crippen molar-refractivity contribution >= 4 is 9.84 Å². The maximum atomic E-state index is 12.7. The van der Waals surface area contributed by atoms with E-state index in [1.165, 1.54) is 6.20 Å². The van der Waals surface area contributed by atoms with Crippen molar-refractivity contribution in [1.82, 2.24) is 9.88 Å². The summed E-state index contributed by atoms with van der Waals surface area (Å²) in [7, 11) is -2.80. The molecule has 0 aromatic carbocycles. The summed E-state index contributed by atoms with van der Waals surface area (Å²) in [6.07, 6.45) is 2.97. The van der Waals surface area contributed by atoms with Crippen LogP contribution in [-0.4, -0.2) is 48.9 Å². The fraction of sp³-hybridized carbons (Fsp3) is 0.737. The molecular weight excluding hydrogens is 377 g/mol. The van der Waals surface area contributed by atoms with E-state index in [9.17, 15) is 21.6 Å². The number of sulfone groups is 1. The summed E-state index contributed by atoms with van der Waals surface area (Å²) in [5.74, 6) is 0.940. The Morgan fingerprint density at radius 3 is 2.37 bits per heavy atom. The van der Waals surface area contributed by atoms with Gasteiger partial charge in [0.1, 0.15) is 5.69 Å². The largest absolute Gasteiger partial charge is 0.433 e. The fourth-order valence-corrected chi connectivity index (χ4v) is 7.51. The highest BCUT2D eigenvalue weighted by molar-refractivity contribution is 7.92. The van der Waals surface area contributed by atoms with Gasteiger partial charge in [-0.05, 0) is 62.7 Å². The molecule has 0 N–H and O–H groups in total. The van der Waals surface area contributed by atoms with E-state index in [1.807, 2.05) is 0 Å². The number of halogens is 3. The molecule has 0 amide bonds. The lowest BCUT2D eigenvalue weighted by atomic mass is 9.77. The summed E-state index contributed by atoms with van der Waals surface area (Å²) in [5.41, 5.74) is 0.0717. The zero-order valence-corrected chi connectivity index (χ0v) is 16.0. The van der Waals surface area contributed by atoms with E-state index in [4.69, 9.17) is 0 Å². The molecule has 2 saturated heterocycles. The van der Waals surface area contributed by atoms with Crippen LogP contribution in [0.15, 0.2) is 18.3 Å². The van der Waals surface area contributed by atoms with E-state index in [-0.39, 0.29) is 11.3 Å². The van der Waals surface area contributed by atoms with Gasteiger partial charge in [0.15, 0.2) is 9.84 Å². The van der Waals surface area contributed by atoms with E-state index in [0.717, 1.165) is 63.2 Å². The molecule has 0 unspecified atom stereocenters. The van der Waals surface area contributed by atoms with Crippen molar-refractivity contribution < 1.29 is 21.6 Å². The average molecular weight is 402 g/mol. The second-order valence-corrected chi connectivity index (χ2v) is 10.6. The van der Waals surface area contributed by atoms with Crippen LogP contribution < -0.4 is 0 Å². The summed E-state index contributed by atoms with van der Waals surface area (Å²) in [6.45, 7) is 1.86. The smallest absolute Gasteiger partial charge is 0.300 e. The summed E-state index contributed by atoms with van der Waals surface area (Å²) in [4.78, 5) is 6.09. The van der Waals surface area contributed by atoms with Crippen molar-refractivity contribution in [1.29, 1.82) is 0 Å². The fourth-order valence-electron chi connectivity index (χ4n) is 5.16. The Balaban J connectivity index is 1.36. The minimum Gasteiger partial charge on any atom is -0.300 e. The molecule has 0 radical (unpaired) electrons. The van der Waals surface area contributed by atoms with Gasteiger partial charge < -0.3 is 4.90 Å². The second kappa shape index (κ2) is 6.72. The Kier molecular flexibility index (Phi) is 4.78. The Bertz CT molecular complexity index is 770. The number of likely N-dealkylation sites (tertiary alicyclic amines) is 1.